The lowest BCUT2D eigenvalue weighted by molar-refractivity contribution is 0.398. The van der Waals surface area contributed by atoms with Crippen LogP contribution < -0.4 is 0 Å². The van der Waals surface area contributed by atoms with Gasteiger partial charge in [0.2, 0.25) is 0 Å². The van der Waals surface area contributed by atoms with Crippen LogP contribution >= 0.6 is 0 Å². The van der Waals surface area contributed by atoms with Crippen molar-refractivity contribution in [1.29, 1.82) is 0 Å². The van der Waals surface area contributed by atoms with Crippen molar-refractivity contribution >= 4 is 42.7 Å². The summed E-state index contributed by atoms with van der Waals surface area (Å²) in [5.74, 6) is -0.371. The highest BCUT2D eigenvalue weighted by Gasteiger charge is 2.19. The predicted octanol–water partition coefficient (Wildman–Crippen LogP) is 2.41. The number of hydrogen-bond acceptors (Lipinski definition) is 7. The van der Waals surface area contributed by atoms with Crippen molar-refractivity contribution < 1.29 is 31.2 Å². The van der Waals surface area contributed by atoms with E-state index in [1.807, 2.05) is 0 Å². The molecule has 7 nitrogen and oxygen atoms in total. The van der Waals surface area contributed by atoms with E-state index in [0.717, 1.165) is 7.11 Å². The summed E-state index contributed by atoms with van der Waals surface area (Å²) in [6.45, 7) is 0. The monoisotopic (exact) mass is 382 g/mol. The Kier molecular flexibility index (Phi) is 4.41. The van der Waals surface area contributed by atoms with Gasteiger partial charge in [-0.2, -0.15) is 8.42 Å². The van der Waals surface area contributed by atoms with Crippen LogP contribution in [0, 0.1) is 0 Å². The first kappa shape index (κ1) is 17.6. The molecule has 0 heterocycles. The van der Waals surface area contributed by atoms with E-state index >= 15 is 0 Å². The summed E-state index contributed by atoms with van der Waals surface area (Å²) in [4.78, 5) is 0.137. The van der Waals surface area contributed by atoms with E-state index in [4.69, 9.17) is 4.18 Å². The molecule has 0 fully saturated rings. The molecule has 1 atom stereocenters. The fourth-order valence-corrected chi connectivity index (χ4v) is 3.87. The van der Waals surface area contributed by atoms with Crippen molar-refractivity contribution in [1.82, 2.24) is 0 Å². The van der Waals surface area contributed by atoms with E-state index in [1.54, 1.807) is 0 Å². The number of fused-ring (bicyclic) bond motifs is 2. The number of hydrogen-bond donors (Lipinski definition) is 2. The molecule has 0 aliphatic rings. The maximum atomic E-state index is 11.9. The lowest BCUT2D eigenvalue weighted by atomic mass is 10.0. The Balaban J connectivity index is 2.40. The first-order valence-corrected chi connectivity index (χ1v) is 9.46. The summed E-state index contributed by atoms with van der Waals surface area (Å²) in [6.07, 6.45) is 0. The summed E-state index contributed by atoms with van der Waals surface area (Å²) in [7, 11) is -1.65. The Labute approximate surface area is 146 Å². The van der Waals surface area contributed by atoms with Crippen LogP contribution in [0.4, 0.5) is 0 Å². The van der Waals surface area contributed by atoms with E-state index in [-0.39, 0.29) is 32.6 Å². The molecular formula is C16H14O7S2. The minimum atomic E-state index is -3.96. The molecular weight excluding hydrogens is 368 g/mol. The average Bonchev–Trinajstić information content (AvgIpc) is 2.64. The Hall–Kier alpha value is -2.20. The lowest BCUT2D eigenvalue weighted by Gasteiger charge is -2.12. The van der Waals surface area contributed by atoms with Gasteiger partial charge in [-0.05, 0) is 36.4 Å². The molecule has 2 N–H and O–H groups in total. The number of aromatic hydroxyl groups is 2. The van der Waals surface area contributed by atoms with Crippen LogP contribution in [0.1, 0.15) is 0 Å². The third kappa shape index (κ3) is 2.85. The zero-order chi connectivity index (χ0) is 18.4. The van der Waals surface area contributed by atoms with E-state index in [1.165, 1.54) is 43.5 Å². The minimum absolute atomic E-state index is 0.126. The van der Waals surface area contributed by atoms with Gasteiger partial charge in [-0.25, -0.2) is 4.21 Å². The van der Waals surface area contributed by atoms with Gasteiger partial charge in [0, 0.05) is 21.5 Å². The summed E-state index contributed by atoms with van der Waals surface area (Å²) >= 11 is -1.72. The second-order valence-electron chi connectivity index (χ2n) is 5.13. The molecule has 0 amide bonds. The SMILES string of the molecule is COS(=O)c1ccc2c(O)c3ccc(S(=O)(=O)OC)cc3c(O)c2c1. The molecule has 25 heavy (non-hydrogen) atoms. The molecule has 9 heteroatoms. The van der Waals surface area contributed by atoms with E-state index in [9.17, 15) is 22.8 Å². The Morgan fingerprint density at radius 3 is 2.04 bits per heavy atom. The molecule has 0 bridgehead atoms. The molecule has 3 aromatic carbocycles. The Bertz CT molecular complexity index is 1120. The summed E-state index contributed by atoms with van der Waals surface area (Å²) < 4.78 is 44.7. The quantitative estimate of drug-likeness (QED) is 0.405. The van der Waals surface area contributed by atoms with Crippen LogP contribution in [0.5, 0.6) is 11.5 Å². The fraction of sp³-hybridized carbons (Fsp3) is 0.125. The standard InChI is InChI=1S/C16H14O7S2/c1-22-24(19)9-3-5-11-13(7-9)16(18)14-8-10(25(20,21)23-2)4-6-12(14)15(11)17/h3-8,17-18H,1-2H3. The van der Waals surface area contributed by atoms with Gasteiger partial charge in [0.15, 0.2) is 11.1 Å². The number of phenolic OH excluding ortho intramolecular Hbond substituents is 2. The summed E-state index contributed by atoms with van der Waals surface area (Å²) in [5.41, 5.74) is 0. The largest absolute Gasteiger partial charge is 0.507 e. The Morgan fingerprint density at radius 2 is 1.44 bits per heavy atom. The van der Waals surface area contributed by atoms with Crippen LogP contribution in [0.25, 0.3) is 21.5 Å². The Morgan fingerprint density at radius 1 is 0.880 bits per heavy atom. The first-order chi connectivity index (χ1) is 11.8. The second-order valence-corrected chi connectivity index (χ2v) is 8.12. The third-order valence-corrected chi connectivity index (χ3v) is 6.07. The van der Waals surface area contributed by atoms with E-state index in [0.29, 0.717) is 10.3 Å². The van der Waals surface area contributed by atoms with E-state index < -0.39 is 21.2 Å². The van der Waals surface area contributed by atoms with Crippen LogP contribution in [0.15, 0.2) is 46.2 Å². The molecule has 0 radical (unpaired) electrons. The van der Waals surface area contributed by atoms with Crippen molar-refractivity contribution in [2.75, 3.05) is 14.2 Å². The van der Waals surface area contributed by atoms with Crippen LogP contribution in [0.2, 0.25) is 0 Å². The van der Waals surface area contributed by atoms with Gasteiger partial charge in [-0.15, -0.1) is 0 Å². The normalized spacial score (nSPS) is 13.4. The molecule has 3 rings (SSSR count). The van der Waals surface area contributed by atoms with Crippen molar-refractivity contribution in [3.8, 4) is 11.5 Å². The van der Waals surface area contributed by atoms with Crippen molar-refractivity contribution in [2.24, 2.45) is 0 Å². The van der Waals surface area contributed by atoms with Gasteiger partial charge in [0.25, 0.3) is 10.1 Å². The predicted molar refractivity (Wildman–Crippen MR) is 92.4 cm³/mol. The molecule has 0 aromatic heterocycles. The van der Waals surface area contributed by atoms with Gasteiger partial charge in [0.05, 0.1) is 24.0 Å². The molecule has 0 saturated carbocycles. The smallest absolute Gasteiger partial charge is 0.296 e. The van der Waals surface area contributed by atoms with E-state index in [2.05, 4.69) is 4.18 Å². The molecule has 132 valence electrons. The van der Waals surface area contributed by atoms with Gasteiger partial charge in [0.1, 0.15) is 11.5 Å². The lowest BCUT2D eigenvalue weighted by Crippen LogP contribution is -2.02. The topological polar surface area (TPSA) is 110 Å². The molecule has 0 aliphatic carbocycles. The van der Waals surface area contributed by atoms with Crippen LogP contribution in [-0.4, -0.2) is 37.1 Å². The van der Waals surface area contributed by atoms with Crippen molar-refractivity contribution in [3.63, 3.8) is 0 Å². The molecule has 0 spiro atoms. The highest BCUT2D eigenvalue weighted by atomic mass is 32.2. The molecule has 3 aromatic rings. The first-order valence-electron chi connectivity index (χ1n) is 6.98. The highest BCUT2D eigenvalue weighted by molar-refractivity contribution is 7.86. The van der Waals surface area contributed by atoms with Crippen molar-refractivity contribution in [2.45, 2.75) is 9.79 Å². The number of rotatable bonds is 4. The van der Waals surface area contributed by atoms with Gasteiger partial charge < -0.3 is 10.2 Å². The summed E-state index contributed by atoms with van der Waals surface area (Å²) in [5, 5.41) is 22.0. The zero-order valence-corrected chi connectivity index (χ0v) is 14.8. The molecule has 1 unspecified atom stereocenters. The fourth-order valence-electron chi connectivity index (χ4n) is 2.59. The maximum absolute atomic E-state index is 11.9. The van der Waals surface area contributed by atoms with Gasteiger partial charge in [-0.3, -0.25) is 8.37 Å². The highest BCUT2D eigenvalue weighted by Crippen LogP contribution is 2.42. The third-order valence-electron chi connectivity index (χ3n) is 3.85. The van der Waals surface area contributed by atoms with Crippen molar-refractivity contribution in [3.05, 3.63) is 36.4 Å². The zero-order valence-electron chi connectivity index (χ0n) is 13.2. The van der Waals surface area contributed by atoms with Crippen LogP contribution in [0.3, 0.4) is 0 Å². The van der Waals surface area contributed by atoms with Gasteiger partial charge in [-0.1, -0.05) is 0 Å². The average molecular weight is 382 g/mol. The molecule has 0 aliphatic heterocycles. The number of benzene rings is 3. The van der Waals surface area contributed by atoms with Gasteiger partial charge >= 0.3 is 0 Å². The summed E-state index contributed by atoms with van der Waals surface area (Å²) in [6, 6.07) is 8.31. The number of phenols is 2. The minimum Gasteiger partial charge on any atom is -0.507 e. The van der Waals surface area contributed by atoms with Crippen LogP contribution in [-0.2, 0) is 29.6 Å². The second kappa shape index (κ2) is 6.26. The molecule has 0 saturated heterocycles. The maximum Gasteiger partial charge on any atom is 0.296 e.